The summed E-state index contributed by atoms with van der Waals surface area (Å²) < 4.78 is 40.1. The predicted molar refractivity (Wildman–Crippen MR) is 67.3 cm³/mol. The fourth-order valence-electron chi connectivity index (χ4n) is 2.09. The van der Waals surface area contributed by atoms with E-state index in [0.29, 0.717) is 12.2 Å². The summed E-state index contributed by atoms with van der Waals surface area (Å²) in [6.45, 7) is 1.48. The lowest BCUT2D eigenvalue weighted by atomic mass is 9.99. The van der Waals surface area contributed by atoms with E-state index in [2.05, 4.69) is 15.4 Å². The van der Waals surface area contributed by atoms with E-state index in [-0.39, 0.29) is 17.6 Å². The fourth-order valence-corrected chi connectivity index (χ4v) is 2.09. The molecular formula is C13H15F3N2O2. The molecule has 0 aromatic heterocycles. The SMILES string of the molecule is O=C(Nc1cccc(OC(F)(F)F)c1)[C@@H]1CCCNC1. The summed E-state index contributed by atoms with van der Waals surface area (Å²) >= 11 is 0. The third kappa shape index (κ3) is 4.41. The van der Waals surface area contributed by atoms with Gasteiger partial charge in [0, 0.05) is 18.3 Å². The summed E-state index contributed by atoms with van der Waals surface area (Å²) in [6, 6.07) is 5.26. The van der Waals surface area contributed by atoms with Gasteiger partial charge in [-0.25, -0.2) is 0 Å². The van der Waals surface area contributed by atoms with Crippen molar-refractivity contribution >= 4 is 11.6 Å². The average Bonchev–Trinajstić information content (AvgIpc) is 2.38. The van der Waals surface area contributed by atoms with Crippen LogP contribution in [0.1, 0.15) is 12.8 Å². The van der Waals surface area contributed by atoms with Crippen LogP contribution in [-0.4, -0.2) is 25.4 Å². The highest BCUT2D eigenvalue weighted by Gasteiger charge is 2.31. The molecule has 0 unspecified atom stereocenters. The van der Waals surface area contributed by atoms with E-state index in [0.717, 1.165) is 25.5 Å². The maximum Gasteiger partial charge on any atom is 0.573 e. The molecule has 0 spiro atoms. The van der Waals surface area contributed by atoms with Crippen molar-refractivity contribution in [2.75, 3.05) is 18.4 Å². The second kappa shape index (κ2) is 6.13. The summed E-state index contributed by atoms with van der Waals surface area (Å²) in [6.07, 6.45) is -3.05. The van der Waals surface area contributed by atoms with Crippen molar-refractivity contribution in [1.82, 2.24) is 5.32 Å². The van der Waals surface area contributed by atoms with Gasteiger partial charge in [-0.2, -0.15) is 0 Å². The van der Waals surface area contributed by atoms with Gasteiger partial charge in [0.25, 0.3) is 0 Å². The Morgan fingerprint density at radius 3 is 2.85 bits per heavy atom. The van der Waals surface area contributed by atoms with Gasteiger partial charge in [0.05, 0.1) is 5.92 Å². The van der Waals surface area contributed by atoms with Crippen molar-refractivity contribution in [2.24, 2.45) is 5.92 Å². The third-order valence-corrected chi connectivity index (χ3v) is 3.00. The van der Waals surface area contributed by atoms with E-state index in [1.165, 1.54) is 18.2 Å². The van der Waals surface area contributed by atoms with E-state index >= 15 is 0 Å². The molecule has 1 aliphatic heterocycles. The van der Waals surface area contributed by atoms with Crippen LogP contribution in [0.2, 0.25) is 0 Å². The van der Waals surface area contributed by atoms with Crippen molar-refractivity contribution in [1.29, 1.82) is 0 Å². The van der Waals surface area contributed by atoms with Crippen molar-refractivity contribution in [3.8, 4) is 5.75 Å². The van der Waals surface area contributed by atoms with E-state index in [9.17, 15) is 18.0 Å². The Labute approximate surface area is 114 Å². The lowest BCUT2D eigenvalue weighted by Gasteiger charge is -2.22. The van der Waals surface area contributed by atoms with Gasteiger partial charge in [0.1, 0.15) is 5.75 Å². The van der Waals surface area contributed by atoms with Gasteiger partial charge in [-0.3, -0.25) is 4.79 Å². The minimum Gasteiger partial charge on any atom is -0.406 e. The summed E-state index contributed by atoms with van der Waals surface area (Å²) in [5.41, 5.74) is 0.294. The van der Waals surface area contributed by atoms with E-state index in [1.54, 1.807) is 0 Å². The highest BCUT2D eigenvalue weighted by molar-refractivity contribution is 5.92. The van der Waals surface area contributed by atoms with Crippen molar-refractivity contribution in [2.45, 2.75) is 19.2 Å². The van der Waals surface area contributed by atoms with Crippen LogP contribution in [0.15, 0.2) is 24.3 Å². The van der Waals surface area contributed by atoms with Crippen LogP contribution in [-0.2, 0) is 4.79 Å². The molecule has 1 amide bonds. The van der Waals surface area contributed by atoms with Crippen LogP contribution in [0.4, 0.5) is 18.9 Å². The molecule has 1 aromatic carbocycles. The first-order chi connectivity index (χ1) is 9.44. The number of halogens is 3. The zero-order valence-corrected chi connectivity index (χ0v) is 10.7. The molecule has 1 saturated heterocycles. The molecular weight excluding hydrogens is 273 g/mol. The van der Waals surface area contributed by atoms with Crippen molar-refractivity contribution < 1.29 is 22.7 Å². The Hall–Kier alpha value is -1.76. The van der Waals surface area contributed by atoms with Crippen molar-refractivity contribution in [3.63, 3.8) is 0 Å². The van der Waals surface area contributed by atoms with Gasteiger partial charge in [-0.1, -0.05) is 6.07 Å². The zero-order valence-electron chi connectivity index (χ0n) is 10.7. The summed E-state index contributed by atoms with van der Waals surface area (Å²) in [5, 5.41) is 5.72. The highest BCUT2D eigenvalue weighted by atomic mass is 19.4. The Balaban J connectivity index is 1.98. The molecule has 1 atom stereocenters. The number of amides is 1. The van der Waals surface area contributed by atoms with E-state index < -0.39 is 6.36 Å². The van der Waals surface area contributed by atoms with Crippen LogP contribution < -0.4 is 15.4 Å². The zero-order chi connectivity index (χ0) is 14.6. The lowest BCUT2D eigenvalue weighted by Crippen LogP contribution is -2.37. The molecule has 4 nitrogen and oxygen atoms in total. The highest BCUT2D eigenvalue weighted by Crippen LogP contribution is 2.25. The van der Waals surface area contributed by atoms with Crippen LogP contribution in [0.5, 0.6) is 5.75 Å². The first-order valence-corrected chi connectivity index (χ1v) is 6.31. The Morgan fingerprint density at radius 2 is 2.20 bits per heavy atom. The Bertz CT molecular complexity index is 471. The molecule has 0 aliphatic carbocycles. The quantitative estimate of drug-likeness (QED) is 0.898. The first kappa shape index (κ1) is 14.6. The van der Waals surface area contributed by atoms with Crippen LogP contribution in [0.3, 0.4) is 0 Å². The van der Waals surface area contributed by atoms with Gasteiger partial charge in [0.2, 0.25) is 5.91 Å². The molecule has 1 heterocycles. The number of carbonyl (C=O) groups excluding carboxylic acids is 1. The summed E-state index contributed by atoms with van der Waals surface area (Å²) in [4.78, 5) is 11.9. The number of hydrogen-bond acceptors (Lipinski definition) is 3. The van der Waals surface area contributed by atoms with Crippen LogP contribution in [0, 0.1) is 5.92 Å². The van der Waals surface area contributed by atoms with Gasteiger partial charge in [0.15, 0.2) is 0 Å². The van der Waals surface area contributed by atoms with Gasteiger partial charge >= 0.3 is 6.36 Å². The largest absolute Gasteiger partial charge is 0.573 e. The second-order valence-corrected chi connectivity index (χ2v) is 4.61. The molecule has 0 saturated carbocycles. The van der Waals surface area contributed by atoms with E-state index in [4.69, 9.17) is 0 Å². The number of hydrogen-bond donors (Lipinski definition) is 2. The number of rotatable bonds is 3. The number of anilines is 1. The number of alkyl halides is 3. The second-order valence-electron chi connectivity index (χ2n) is 4.61. The fraction of sp³-hybridized carbons (Fsp3) is 0.462. The molecule has 1 fully saturated rings. The molecule has 7 heteroatoms. The monoisotopic (exact) mass is 288 g/mol. The molecule has 0 radical (unpaired) electrons. The number of ether oxygens (including phenoxy) is 1. The molecule has 2 N–H and O–H groups in total. The van der Waals surface area contributed by atoms with Gasteiger partial charge in [-0.05, 0) is 31.5 Å². The predicted octanol–water partition coefficient (Wildman–Crippen LogP) is 2.52. The Kier molecular flexibility index (Phi) is 4.49. The number of nitrogens with one attached hydrogen (secondary N) is 2. The average molecular weight is 288 g/mol. The van der Waals surface area contributed by atoms with E-state index in [1.807, 2.05) is 0 Å². The van der Waals surface area contributed by atoms with Crippen molar-refractivity contribution in [3.05, 3.63) is 24.3 Å². The summed E-state index contributed by atoms with van der Waals surface area (Å²) in [5.74, 6) is -0.700. The Morgan fingerprint density at radius 1 is 1.40 bits per heavy atom. The lowest BCUT2D eigenvalue weighted by molar-refractivity contribution is -0.274. The number of carbonyl (C=O) groups is 1. The molecule has 0 bridgehead atoms. The maximum absolute atomic E-state index is 12.1. The van der Waals surface area contributed by atoms with Crippen LogP contribution >= 0.6 is 0 Å². The standard InChI is InChI=1S/C13H15F3N2O2/c14-13(15,16)20-11-5-1-4-10(7-11)18-12(19)9-3-2-6-17-8-9/h1,4-5,7,9,17H,2-3,6,8H2,(H,18,19)/t9-/m1/s1. The minimum atomic E-state index is -4.74. The number of benzene rings is 1. The first-order valence-electron chi connectivity index (χ1n) is 6.31. The number of piperidine rings is 1. The maximum atomic E-state index is 12.1. The van der Waals surface area contributed by atoms with Gasteiger partial charge < -0.3 is 15.4 Å². The topological polar surface area (TPSA) is 50.4 Å². The van der Waals surface area contributed by atoms with Crippen LogP contribution in [0.25, 0.3) is 0 Å². The smallest absolute Gasteiger partial charge is 0.406 e. The minimum absolute atomic E-state index is 0.157. The molecule has 1 aromatic rings. The third-order valence-electron chi connectivity index (χ3n) is 3.00. The normalized spacial score (nSPS) is 19.4. The molecule has 20 heavy (non-hydrogen) atoms. The van der Waals surface area contributed by atoms with Gasteiger partial charge in [-0.15, -0.1) is 13.2 Å². The molecule has 2 rings (SSSR count). The molecule has 110 valence electrons. The molecule has 1 aliphatic rings. The summed E-state index contributed by atoms with van der Waals surface area (Å²) in [7, 11) is 0.